The molecule has 0 amide bonds. The summed E-state index contributed by atoms with van der Waals surface area (Å²) < 4.78 is 0. The number of hydrogen-bond donors (Lipinski definition) is 2. The van der Waals surface area contributed by atoms with Crippen molar-refractivity contribution in [3.05, 3.63) is 35.9 Å². The maximum atomic E-state index is 9.98. The van der Waals surface area contributed by atoms with Crippen LogP contribution in [-0.4, -0.2) is 16.3 Å². The Hall–Kier alpha value is -0.860. The van der Waals surface area contributed by atoms with Gasteiger partial charge < -0.3 is 10.2 Å². The highest BCUT2D eigenvalue weighted by molar-refractivity contribution is 5.18. The van der Waals surface area contributed by atoms with E-state index >= 15 is 0 Å². The molecule has 2 nitrogen and oxygen atoms in total. The topological polar surface area (TPSA) is 40.5 Å². The molecule has 0 aromatic heterocycles. The Kier molecular flexibility index (Phi) is 4.79. The second kappa shape index (κ2) is 5.89. The average molecular weight is 208 g/mol. The quantitative estimate of drug-likeness (QED) is 0.780. The van der Waals surface area contributed by atoms with Gasteiger partial charge >= 0.3 is 0 Å². The molecule has 0 heterocycles. The SMILES string of the molecule is CCC(CC)C(O)C(O)c1ccccc1. The number of benzene rings is 1. The van der Waals surface area contributed by atoms with Crippen LogP contribution in [0.5, 0.6) is 0 Å². The lowest BCUT2D eigenvalue weighted by Gasteiger charge is -2.25. The van der Waals surface area contributed by atoms with Gasteiger partial charge in [0.05, 0.1) is 6.10 Å². The first-order valence-corrected chi connectivity index (χ1v) is 5.61. The van der Waals surface area contributed by atoms with E-state index in [0.717, 1.165) is 18.4 Å². The van der Waals surface area contributed by atoms with E-state index in [1.165, 1.54) is 0 Å². The van der Waals surface area contributed by atoms with Crippen molar-refractivity contribution in [2.75, 3.05) is 0 Å². The summed E-state index contributed by atoms with van der Waals surface area (Å²) in [6.45, 7) is 4.07. The zero-order valence-corrected chi connectivity index (χ0v) is 9.43. The molecule has 0 aliphatic rings. The van der Waals surface area contributed by atoms with Gasteiger partial charge in [-0.2, -0.15) is 0 Å². The summed E-state index contributed by atoms with van der Waals surface area (Å²) in [4.78, 5) is 0. The highest BCUT2D eigenvalue weighted by Crippen LogP contribution is 2.25. The first-order chi connectivity index (χ1) is 7.20. The van der Waals surface area contributed by atoms with Gasteiger partial charge in [0.1, 0.15) is 6.10 Å². The van der Waals surface area contributed by atoms with Crippen molar-refractivity contribution in [3.8, 4) is 0 Å². The summed E-state index contributed by atoms with van der Waals surface area (Å²) in [6, 6.07) is 9.34. The Bertz CT molecular complexity index is 267. The Balaban J connectivity index is 2.71. The summed E-state index contributed by atoms with van der Waals surface area (Å²) in [7, 11) is 0. The normalized spacial score (nSPS) is 15.3. The number of aliphatic hydroxyl groups is 2. The fourth-order valence-corrected chi connectivity index (χ4v) is 1.88. The van der Waals surface area contributed by atoms with E-state index in [1.807, 2.05) is 44.2 Å². The van der Waals surface area contributed by atoms with Gasteiger partial charge in [-0.1, -0.05) is 57.0 Å². The molecule has 84 valence electrons. The molecule has 2 heteroatoms. The van der Waals surface area contributed by atoms with Crippen molar-refractivity contribution in [2.24, 2.45) is 5.92 Å². The van der Waals surface area contributed by atoms with Crippen molar-refractivity contribution in [1.82, 2.24) is 0 Å². The predicted molar refractivity (Wildman–Crippen MR) is 61.5 cm³/mol. The molecule has 15 heavy (non-hydrogen) atoms. The molecule has 0 bridgehead atoms. The summed E-state index contributed by atoms with van der Waals surface area (Å²) >= 11 is 0. The molecule has 0 saturated heterocycles. The molecule has 1 aromatic rings. The maximum absolute atomic E-state index is 9.98. The van der Waals surface area contributed by atoms with Crippen LogP contribution in [0.2, 0.25) is 0 Å². The van der Waals surface area contributed by atoms with Crippen molar-refractivity contribution < 1.29 is 10.2 Å². The van der Waals surface area contributed by atoms with E-state index in [4.69, 9.17) is 0 Å². The Morgan fingerprint density at radius 1 is 1.00 bits per heavy atom. The minimum Gasteiger partial charge on any atom is -0.390 e. The van der Waals surface area contributed by atoms with Crippen LogP contribution in [-0.2, 0) is 0 Å². The van der Waals surface area contributed by atoms with Crippen molar-refractivity contribution in [1.29, 1.82) is 0 Å². The average Bonchev–Trinajstić information content (AvgIpc) is 2.30. The molecule has 1 aromatic carbocycles. The van der Waals surface area contributed by atoms with Gasteiger partial charge in [-0.05, 0) is 11.5 Å². The van der Waals surface area contributed by atoms with Gasteiger partial charge in [-0.15, -0.1) is 0 Å². The van der Waals surface area contributed by atoms with Crippen molar-refractivity contribution in [3.63, 3.8) is 0 Å². The van der Waals surface area contributed by atoms with Crippen LogP contribution >= 0.6 is 0 Å². The lowest BCUT2D eigenvalue weighted by molar-refractivity contribution is -0.0209. The van der Waals surface area contributed by atoms with Gasteiger partial charge in [0.15, 0.2) is 0 Å². The summed E-state index contributed by atoms with van der Waals surface area (Å²) in [6.07, 6.45) is 0.349. The van der Waals surface area contributed by atoms with E-state index < -0.39 is 12.2 Å². The Morgan fingerprint density at radius 2 is 1.53 bits per heavy atom. The van der Waals surface area contributed by atoms with Crippen LogP contribution in [0.1, 0.15) is 38.4 Å². The van der Waals surface area contributed by atoms with E-state index in [1.54, 1.807) is 0 Å². The lowest BCUT2D eigenvalue weighted by Crippen LogP contribution is -2.26. The molecule has 2 atom stereocenters. The van der Waals surface area contributed by atoms with Crippen LogP contribution in [0.4, 0.5) is 0 Å². The maximum Gasteiger partial charge on any atom is 0.105 e. The van der Waals surface area contributed by atoms with E-state index in [0.29, 0.717) is 0 Å². The largest absolute Gasteiger partial charge is 0.390 e. The highest BCUT2D eigenvalue weighted by atomic mass is 16.3. The summed E-state index contributed by atoms with van der Waals surface area (Å²) in [5.74, 6) is 0.167. The van der Waals surface area contributed by atoms with Crippen molar-refractivity contribution in [2.45, 2.75) is 38.9 Å². The first-order valence-electron chi connectivity index (χ1n) is 5.61. The van der Waals surface area contributed by atoms with Crippen LogP contribution in [0.3, 0.4) is 0 Å². The first kappa shape index (κ1) is 12.2. The van der Waals surface area contributed by atoms with E-state index in [9.17, 15) is 10.2 Å². The number of rotatable bonds is 5. The molecular formula is C13H20O2. The van der Waals surface area contributed by atoms with E-state index in [2.05, 4.69) is 0 Å². The molecule has 0 fully saturated rings. The predicted octanol–water partition coefficient (Wildman–Crippen LogP) is 2.52. The second-order valence-corrected chi connectivity index (χ2v) is 3.92. The van der Waals surface area contributed by atoms with Gasteiger partial charge in [0.2, 0.25) is 0 Å². The molecule has 2 unspecified atom stereocenters. The minimum absolute atomic E-state index is 0.167. The van der Waals surface area contributed by atoms with Gasteiger partial charge in [-0.25, -0.2) is 0 Å². The van der Waals surface area contributed by atoms with Crippen molar-refractivity contribution >= 4 is 0 Å². The molecule has 2 N–H and O–H groups in total. The smallest absolute Gasteiger partial charge is 0.105 e. The standard InChI is InChI=1S/C13H20O2/c1-3-10(4-2)12(14)13(15)11-8-6-5-7-9-11/h5-10,12-15H,3-4H2,1-2H3. The molecular weight excluding hydrogens is 188 g/mol. The fourth-order valence-electron chi connectivity index (χ4n) is 1.88. The molecule has 1 rings (SSSR count). The summed E-state index contributed by atoms with van der Waals surface area (Å²) in [5.41, 5.74) is 0.789. The Labute approximate surface area is 91.6 Å². The van der Waals surface area contributed by atoms with Gasteiger partial charge in [-0.3, -0.25) is 0 Å². The third-order valence-corrected chi connectivity index (χ3v) is 3.00. The van der Waals surface area contributed by atoms with Crippen LogP contribution in [0.25, 0.3) is 0 Å². The molecule has 0 radical (unpaired) electrons. The monoisotopic (exact) mass is 208 g/mol. The molecule has 0 saturated carbocycles. The zero-order valence-electron chi connectivity index (χ0n) is 9.43. The lowest BCUT2D eigenvalue weighted by atomic mass is 9.90. The van der Waals surface area contributed by atoms with Crippen LogP contribution in [0, 0.1) is 5.92 Å². The molecule has 0 aliphatic carbocycles. The third-order valence-electron chi connectivity index (χ3n) is 3.00. The molecule has 0 spiro atoms. The Morgan fingerprint density at radius 3 is 2.00 bits per heavy atom. The highest BCUT2D eigenvalue weighted by Gasteiger charge is 2.24. The van der Waals surface area contributed by atoms with Gasteiger partial charge in [0, 0.05) is 0 Å². The van der Waals surface area contributed by atoms with E-state index in [-0.39, 0.29) is 5.92 Å². The molecule has 0 aliphatic heterocycles. The summed E-state index contributed by atoms with van der Waals surface area (Å²) in [5, 5.41) is 20.0. The minimum atomic E-state index is -0.768. The van der Waals surface area contributed by atoms with Crippen LogP contribution in [0.15, 0.2) is 30.3 Å². The van der Waals surface area contributed by atoms with Gasteiger partial charge in [0.25, 0.3) is 0 Å². The number of hydrogen-bond acceptors (Lipinski definition) is 2. The van der Waals surface area contributed by atoms with Crippen LogP contribution < -0.4 is 0 Å². The fraction of sp³-hybridized carbons (Fsp3) is 0.538. The second-order valence-electron chi connectivity index (χ2n) is 3.92. The third kappa shape index (κ3) is 3.05. The zero-order chi connectivity index (χ0) is 11.3. The number of aliphatic hydroxyl groups excluding tert-OH is 2.